The Morgan fingerprint density at radius 3 is 2.52 bits per heavy atom. The molecule has 3 fully saturated rings. The fraction of sp³-hybridized carbons (Fsp3) is 0.615. The van der Waals surface area contributed by atoms with Crippen molar-refractivity contribution in [3.05, 3.63) is 48.5 Å². The zero-order valence-corrected chi connectivity index (χ0v) is 18.8. The average Bonchev–Trinajstić information content (AvgIpc) is 3.28. The van der Waals surface area contributed by atoms with E-state index >= 15 is 0 Å². The normalized spacial score (nSPS) is 51.3. The van der Waals surface area contributed by atoms with Crippen LogP contribution in [0.2, 0.25) is 0 Å². The zero-order valence-electron chi connectivity index (χ0n) is 18.8. The summed E-state index contributed by atoms with van der Waals surface area (Å²) in [6.45, 7) is 10.9. The first-order valence-electron chi connectivity index (χ1n) is 11.4. The van der Waals surface area contributed by atoms with Crippen molar-refractivity contribution in [2.24, 2.45) is 33.5 Å². The van der Waals surface area contributed by atoms with Crippen molar-refractivity contribution < 1.29 is 23.5 Å². The number of furan rings is 1. The standard InChI is InChI=1S/C26H30O5/c1-22(2)16-6-11-24(4)17(23(16,3)10-8-18(22)27)7-12-25(5)19(15-9-13-29-14-15)30-21(28)20-26(24,25)31-20/h6,8-11,13-14,16-17,19-20H,7,12H2,1-5H3/t16-,17+,19+,20-,23-,24-,25+,26-/m1/s1. The molecule has 5 aliphatic rings. The average molecular weight is 423 g/mol. The molecule has 164 valence electrons. The molecule has 1 spiro atoms. The fourth-order valence-electron chi connectivity index (χ4n) is 8.29. The van der Waals surface area contributed by atoms with E-state index in [9.17, 15) is 9.59 Å². The van der Waals surface area contributed by atoms with Crippen molar-refractivity contribution >= 4 is 11.8 Å². The molecule has 1 aromatic rings. The van der Waals surface area contributed by atoms with Crippen LogP contribution in [0.4, 0.5) is 0 Å². The maximum absolute atomic E-state index is 13.0. The number of allylic oxidation sites excluding steroid dienone is 3. The van der Waals surface area contributed by atoms with E-state index in [4.69, 9.17) is 13.9 Å². The van der Waals surface area contributed by atoms with Gasteiger partial charge in [0.2, 0.25) is 0 Å². The van der Waals surface area contributed by atoms with Gasteiger partial charge in [-0.05, 0) is 42.2 Å². The van der Waals surface area contributed by atoms with Crippen molar-refractivity contribution in [1.82, 2.24) is 0 Å². The van der Waals surface area contributed by atoms with Crippen LogP contribution in [0.5, 0.6) is 0 Å². The van der Waals surface area contributed by atoms with Gasteiger partial charge in [0, 0.05) is 21.8 Å². The molecular formula is C26H30O5. The third-order valence-corrected chi connectivity index (χ3v) is 9.88. The van der Waals surface area contributed by atoms with E-state index in [-0.39, 0.29) is 39.8 Å². The molecule has 0 amide bonds. The number of hydrogen-bond donors (Lipinski definition) is 0. The lowest BCUT2D eigenvalue weighted by molar-refractivity contribution is -0.191. The maximum Gasteiger partial charge on any atom is 0.339 e. The van der Waals surface area contributed by atoms with Crippen LogP contribution in [0, 0.1) is 33.5 Å². The van der Waals surface area contributed by atoms with Gasteiger partial charge in [0.1, 0.15) is 11.7 Å². The van der Waals surface area contributed by atoms with Gasteiger partial charge in [-0.1, -0.05) is 52.8 Å². The van der Waals surface area contributed by atoms with Crippen LogP contribution >= 0.6 is 0 Å². The summed E-state index contributed by atoms with van der Waals surface area (Å²) in [5.74, 6) is 0.283. The number of ketones is 1. The van der Waals surface area contributed by atoms with Crippen LogP contribution in [0.25, 0.3) is 0 Å². The first-order valence-corrected chi connectivity index (χ1v) is 11.4. The van der Waals surface area contributed by atoms with Gasteiger partial charge in [-0.25, -0.2) is 4.79 Å². The highest BCUT2D eigenvalue weighted by atomic mass is 16.7. The molecule has 0 radical (unpaired) electrons. The highest BCUT2D eigenvalue weighted by Gasteiger charge is 2.85. The summed E-state index contributed by atoms with van der Waals surface area (Å²) in [7, 11) is 0. The van der Waals surface area contributed by atoms with Crippen molar-refractivity contribution in [3.8, 4) is 0 Å². The van der Waals surface area contributed by atoms with E-state index < -0.39 is 23.2 Å². The Morgan fingerprint density at radius 1 is 1.03 bits per heavy atom. The molecule has 5 nitrogen and oxygen atoms in total. The number of epoxide rings is 1. The number of fused-ring (bicyclic) bond motifs is 3. The molecule has 1 saturated carbocycles. The van der Waals surface area contributed by atoms with Gasteiger partial charge in [-0.2, -0.15) is 0 Å². The lowest BCUT2D eigenvalue weighted by Gasteiger charge is -2.64. The highest BCUT2D eigenvalue weighted by Crippen LogP contribution is 2.78. The molecule has 0 N–H and O–H groups in total. The number of rotatable bonds is 1. The Morgan fingerprint density at radius 2 is 1.81 bits per heavy atom. The zero-order chi connectivity index (χ0) is 22.0. The summed E-state index contributed by atoms with van der Waals surface area (Å²) >= 11 is 0. The number of cyclic esters (lactones) is 1. The Kier molecular flexibility index (Phi) is 3.42. The second kappa shape index (κ2) is 5.43. The predicted molar refractivity (Wildman–Crippen MR) is 113 cm³/mol. The minimum Gasteiger partial charge on any atom is -0.472 e. The van der Waals surface area contributed by atoms with Crippen molar-refractivity contribution in [3.63, 3.8) is 0 Å². The molecule has 0 bridgehead atoms. The van der Waals surface area contributed by atoms with Gasteiger partial charge < -0.3 is 13.9 Å². The van der Waals surface area contributed by atoms with Crippen LogP contribution < -0.4 is 0 Å². The van der Waals surface area contributed by atoms with Gasteiger partial charge in [0.25, 0.3) is 0 Å². The minimum absolute atomic E-state index is 0.119. The third-order valence-electron chi connectivity index (χ3n) is 9.88. The number of esters is 1. The lowest BCUT2D eigenvalue weighted by Crippen LogP contribution is -2.66. The van der Waals surface area contributed by atoms with Crippen LogP contribution in [-0.2, 0) is 19.1 Å². The Hall–Kier alpha value is -2.14. The van der Waals surface area contributed by atoms with Crippen LogP contribution in [0.3, 0.4) is 0 Å². The molecule has 8 atom stereocenters. The quantitative estimate of drug-likeness (QED) is 0.370. The molecule has 2 saturated heterocycles. The van der Waals surface area contributed by atoms with Gasteiger partial charge in [-0.3, -0.25) is 4.79 Å². The van der Waals surface area contributed by atoms with Gasteiger partial charge in [0.15, 0.2) is 11.9 Å². The van der Waals surface area contributed by atoms with Crippen molar-refractivity contribution in [2.75, 3.05) is 0 Å². The number of carbonyl (C=O) groups is 2. The van der Waals surface area contributed by atoms with Gasteiger partial charge in [-0.15, -0.1) is 0 Å². The molecule has 3 heterocycles. The number of carbonyl (C=O) groups excluding carboxylic acids is 2. The Labute approximate surface area is 182 Å². The van der Waals surface area contributed by atoms with E-state index in [2.05, 4.69) is 52.8 Å². The fourth-order valence-corrected chi connectivity index (χ4v) is 8.29. The van der Waals surface area contributed by atoms with E-state index in [0.29, 0.717) is 0 Å². The molecule has 0 unspecified atom stereocenters. The molecule has 3 aliphatic carbocycles. The first-order chi connectivity index (χ1) is 14.5. The number of ether oxygens (including phenoxy) is 2. The molecule has 6 rings (SSSR count). The smallest absolute Gasteiger partial charge is 0.339 e. The van der Waals surface area contributed by atoms with E-state index in [1.165, 1.54) is 0 Å². The van der Waals surface area contributed by atoms with Crippen LogP contribution in [0.15, 0.2) is 47.3 Å². The summed E-state index contributed by atoms with van der Waals surface area (Å²) in [5, 5.41) is 0. The molecule has 31 heavy (non-hydrogen) atoms. The molecular weight excluding hydrogens is 392 g/mol. The van der Waals surface area contributed by atoms with Gasteiger partial charge >= 0.3 is 5.97 Å². The van der Waals surface area contributed by atoms with Crippen LogP contribution in [-0.4, -0.2) is 23.5 Å². The van der Waals surface area contributed by atoms with Crippen LogP contribution in [0.1, 0.15) is 59.1 Å². The van der Waals surface area contributed by atoms with Gasteiger partial charge in [0.05, 0.1) is 12.5 Å². The Bertz CT molecular complexity index is 1050. The summed E-state index contributed by atoms with van der Waals surface area (Å²) in [4.78, 5) is 25.7. The maximum atomic E-state index is 13.0. The number of hydrogen-bond acceptors (Lipinski definition) is 5. The first kappa shape index (κ1) is 19.5. The summed E-state index contributed by atoms with van der Waals surface area (Å²) in [6.07, 6.45) is 12.7. The molecule has 2 aliphatic heterocycles. The molecule has 0 aromatic carbocycles. The minimum atomic E-state index is -0.621. The SMILES string of the molecule is CC1(C)C(=O)C=C[C@]2(C)[C@@H]1C=C[C@]1(C)[C@H]2CC[C@@]2(C)[C@H](c3ccoc3)OC(=O)[C@H]3O[C@@]321. The van der Waals surface area contributed by atoms with Crippen molar-refractivity contribution in [2.45, 2.75) is 65.3 Å². The van der Waals surface area contributed by atoms with E-state index in [0.717, 1.165) is 18.4 Å². The summed E-state index contributed by atoms with van der Waals surface area (Å²) in [5.41, 5.74) is -1.08. The Balaban J connectivity index is 1.52. The second-order valence-corrected chi connectivity index (χ2v) is 11.5. The second-order valence-electron chi connectivity index (χ2n) is 11.5. The predicted octanol–water partition coefficient (Wildman–Crippen LogP) is 4.80. The van der Waals surface area contributed by atoms with Crippen molar-refractivity contribution in [1.29, 1.82) is 0 Å². The lowest BCUT2D eigenvalue weighted by atomic mass is 9.38. The topological polar surface area (TPSA) is 69.0 Å². The third kappa shape index (κ3) is 1.95. The largest absolute Gasteiger partial charge is 0.472 e. The van der Waals surface area contributed by atoms with E-state index in [1.54, 1.807) is 18.6 Å². The summed E-state index contributed by atoms with van der Waals surface area (Å²) in [6, 6.07) is 1.89. The highest BCUT2D eigenvalue weighted by molar-refractivity contribution is 5.96. The monoisotopic (exact) mass is 422 g/mol. The summed E-state index contributed by atoms with van der Waals surface area (Å²) < 4.78 is 17.7. The van der Waals surface area contributed by atoms with E-state index in [1.807, 2.05) is 6.07 Å². The molecule has 5 heteroatoms. The molecule has 1 aromatic heterocycles.